The molecule has 0 atom stereocenters. The Bertz CT molecular complexity index is 1070. The number of thiophene rings is 1. The van der Waals surface area contributed by atoms with E-state index in [-0.39, 0.29) is 18.2 Å². The van der Waals surface area contributed by atoms with E-state index >= 15 is 0 Å². The molecule has 2 aromatic heterocycles. The van der Waals surface area contributed by atoms with Crippen molar-refractivity contribution in [2.75, 3.05) is 11.9 Å². The van der Waals surface area contributed by atoms with E-state index in [0.717, 1.165) is 36.1 Å². The van der Waals surface area contributed by atoms with E-state index in [2.05, 4.69) is 5.32 Å². The maximum atomic E-state index is 12.6. The van der Waals surface area contributed by atoms with Gasteiger partial charge in [-0.15, -0.1) is 11.3 Å². The summed E-state index contributed by atoms with van der Waals surface area (Å²) in [6.45, 7) is 0.344. The molecule has 31 heavy (non-hydrogen) atoms. The minimum absolute atomic E-state index is 0.186. The highest BCUT2D eigenvalue weighted by atomic mass is 32.2. The summed E-state index contributed by atoms with van der Waals surface area (Å²) in [5.74, 6) is -0.314. The molecular weight excluding hydrogens is 454 g/mol. The molecule has 0 radical (unpaired) electrons. The molecule has 3 N–H and O–H groups in total. The normalized spacial score (nSPS) is 17.3. The average Bonchev–Trinajstić information content (AvgIpc) is 3.42. The zero-order valence-corrected chi connectivity index (χ0v) is 19.1. The number of nitrogens with one attached hydrogen (secondary N) is 1. The Balaban J connectivity index is 1.34. The monoisotopic (exact) mass is 475 g/mol. The zero-order chi connectivity index (χ0) is 22.0. The second kappa shape index (κ2) is 9.37. The van der Waals surface area contributed by atoms with E-state index < -0.39 is 5.91 Å². The molecule has 0 aromatic carbocycles. The molecule has 3 amide bonds. The van der Waals surface area contributed by atoms with Gasteiger partial charge in [-0.2, -0.15) is 0 Å². The fourth-order valence-electron chi connectivity index (χ4n) is 3.70. The molecule has 3 heterocycles. The van der Waals surface area contributed by atoms with Gasteiger partial charge in [0.25, 0.3) is 11.8 Å². The zero-order valence-electron chi connectivity index (χ0n) is 16.6. The first-order chi connectivity index (χ1) is 14.9. The summed E-state index contributed by atoms with van der Waals surface area (Å²) in [7, 11) is 0. The number of thioether (sulfide) groups is 1. The van der Waals surface area contributed by atoms with Gasteiger partial charge in [0.05, 0.1) is 16.7 Å². The van der Waals surface area contributed by atoms with Crippen molar-refractivity contribution in [1.29, 1.82) is 0 Å². The van der Waals surface area contributed by atoms with Crippen molar-refractivity contribution in [2.45, 2.75) is 38.5 Å². The van der Waals surface area contributed by atoms with Crippen LogP contribution in [0.2, 0.25) is 0 Å². The van der Waals surface area contributed by atoms with Crippen LogP contribution in [0.3, 0.4) is 0 Å². The van der Waals surface area contributed by atoms with E-state index in [1.54, 1.807) is 24.5 Å². The van der Waals surface area contributed by atoms with E-state index in [0.29, 0.717) is 38.5 Å². The van der Waals surface area contributed by atoms with Gasteiger partial charge in [0.1, 0.15) is 15.1 Å². The lowest BCUT2D eigenvalue weighted by Crippen LogP contribution is -2.29. The van der Waals surface area contributed by atoms with Gasteiger partial charge in [-0.05, 0) is 49.8 Å². The molecule has 162 valence electrons. The Labute approximate surface area is 193 Å². The molecule has 0 saturated carbocycles. The molecule has 0 unspecified atom stereocenters. The number of furan rings is 1. The molecule has 1 fully saturated rings. The van der Waals surface area contributed by atoms with Crippen LogP contribution < -0.4 is 11.1 Å². The van der Waals surface area contributed by atoms with E-state index in [1.807, 2.05) is 0 Å². The summed E-state index contributed by atoms with van der Waals surface area (Å²) >= 11 is 7.98. The number of primary amides is 1. The van der Waals surface area contributed by atoms with Crippen LogP contribution >= 0.6 is 35.3 Å². The summed E-state index contributed by atoms with van der Waals surface area (Å²) in [6, 6.07) is 3.51. The van der Waals surface area contributed by atoms with Crippen LogP contribution in [0.15, 0.2) is 27.7 Å². The number of nitrogens with zero attached hydrogens (tertiary/aromatic N) is 1. The third-order valence-electron chi connectivity index (χ3n) is 5.15. The van der Waals surface area contributed by atoms with E-state index in [1.165, 1.54) is 28.0 Å². The number of nitrogens with two attached hydrogens (primary N) is 1. The lowest BCUT2D eigenvalue weighted by Gasteiger charge is -2.14. The highest BCUT2D eigenvalue weighted by Gasteiger charge is 2.32. The molecule has 10 heteroatoms. The quantitative estimate of drug-likeness (QED) is 0.464. The number of rotatable bonds is 7. The summed E-state index contributed by atoms with van der Waals surface area (Å²) in [6.07, 6.45) is 7.69. The number of carbonyl (C=O) groups excluding carboxylic acids is 3. The number of fused-ring (bicyclic) bond motifs is 1. The van der Waals surface area contributed by atoms with Crippen LogP contribution in [-0.4, -0.2) is 33.5 Å². The van der Waals surface area contributed by atoms with E-state index in [9.17, 15) is 14.4 Å². The minimum atomic E-state index is -0.504. The maximum absolute atomic E-state index is 12.6. The Morgan fingerprint density at radius 3 is 2.87 bits per heavy atom. The Hall–Kier alpha value is -2.43. The third-order valence-corrected chi connectivity index (χ3v) is 7.73. The molecule has 0 spiro atoms. The van der Waals surface area contributed by atoms with Crippen LogP contribution in [-0.2, 0) is 22.4 Å². The van der Waals surface area contributed by atoms with Gasteiger partial charge in [-0.3, -0.25) is 19.3 Å². The molecule has 7 nitrogen and oxygen atoms in total. The van der Waals surface area contributed by atoms with Gasteiger partial charge < -0.3 is 15.5 Å². The lowest BCUT2D eigenvalue weighted by molar-refractivity contribution is -0.122. The Kier molecular flexibility index (Phi) is 6.59. The summed E-state index contributed by atoms with van der Waals surface area (Å²) in [5, 5.41) is 3.39. The number of amides is 3. The lowest BCUT2D eigenvalue weighted by atomic mass is 9.95. The van der Waals surface area contributed by atoms with Crippen molar-refractivity contribution in [3.63, 3.8) is 0 Å². The highest BCUT2D eigenvalue weighted by Crippen LogP contribution is 2.38. The van der Waals surface area contributed by atoms with Gasteiger partial charge in [0, 0.05) is 23.9 Å². The number of thiocarbonyl (C=S) groups is 1. The first kappa shape index (κ1) is 21.8. The Morgan fingerprint density at radius 1 is 1.32 bits per heavy atom. The summed E-state index contributed by atoms with van der Waals surface area (Å²) < 4.78 is 5.71. The van der Waals surface area contributed by atoms with Crippen LogP contribution in [0, 0.1) is 0 Å². The van der Waals surface area contributed by atoms with Crippen molar-refractivity contribution < 1.29 is 18.8 Å². The average molecular weight is 476 g/mol. The van der Waals surface area contributed by atoms with Crippen LogP contribution in [0.25, 0.3) is 6.08 Å². The fourth-order valence-corrected chi connectivity index (χ4v) is 6.30. The number of anilines is 1. The van der Waals surface area contributed by atoms with Gasteiger partial charge in [-0.1, -0.05) is 24.0 Å². The second-order valence-electron chi connectivity index (χ2n) is 7.28. The van der Waals surface area contributed by atoms with Crippen molar-refractivity contribution in [2.24, 2.45) is 5.73 Å². The smallest absolute Gasteiger partial charge is 0.266 e. The molecule has 0 bridgehead atoms. The molecule has 2 aliphatic rings. The van der Waals surface area contributed by atoms with Gasteiger partial charge >= 0.3 is 0 Å². The largest absolute Gasteiger partial charge is 0.465 e. The molecule has 2 aromatic rings. The number of aryl methyl sites for hydroxylation is 1. The third kappa shape index (κ3) is 4.76. The topological polar surface area (TPSA) is 106 Å². The van der Waals surface area contributed by atoms with E-state index in [4.69, 9.17) is 22.4 Å². The van der Waals surface area contributed by atoms with Crippen molar-refractivity contribution in [3.05, 3.63) is 45.1 Å². The van der Waals surface area contributed by atoms with Gasteiger partial charge in [-0.25, -0.2) is 0 Å². The molecule has 1 saturated heterocycles. The van der Waals surface area contributed by atoms with Gasteiger partial charge in [0.15, 0.2) is 0 Å². The SMILES string of the molecule is NC(=O)c1c(NC(=O)CCCN2C(=O)C(=Cc3ccco3)SC2=S)sc2c1CCCC2. The standard InChI is InChI=1S/C21H21N3O4S3/c22-18(26)17-13-6-1-2-7-14(13)30-19(17)23-16(25)8-3-9-24-20(27)15(31-21(24)29)11-12-5-4-10-28-12/h4-5,10-11H,1-3,6-9H2,(H2,22,26)(H,23,25). The summed E-state index contributed by atoms with van der Waals surface area (Å²) in [4.78, 5) is 40.2. The number of hydrogen-bond donors (Lipinski definition) is 2. The summed E-state index contributed by atoms with van der Waals surface area (Å²) in [5.41, 5.74) is 7.02. The molecule has 1 aliphatic carbocycles. The van der Waals surface area contributed by atoms with Crippen molar-refractivity contribution in [3.8, 4) is 0 Å². The predicted molar refractivity (Wildman–Crippen MR) is 126 cm³/mol. The van der Waals surface area contributed by atoms with Crippen LogP contribution in [0.4, 0.5) is 5.00 Å². The predicted octanol–water partition coefficient (Wildman–Crippen LogP) is 3.94. The van der Waals surface area contributed by atoms with Crippen LogP contribution in [0.5, 0.6) is 0 Å². The van der Waals surface area contributed by atoms with Crippen molar-refractivity contribution in [1.82, 2.24) is 4.90 Å². The first-order valence-electron chi connectivity index (χ1n) is 9.97. The first-order valence-corrected chi connectivity index (χ1v) is 12.0. The Morgan fingerprint density at radius 2 is 2.13 bits per heavy atom. The molecule has 1 aliphatic heterocycles. The maximum Gasteiger partial charge on any atom is 0.266 e. The number of hydrogen-bond acceptors (Lipinski definition) is 7. The molecule has 4 rings (SSSR count). The van der Waals surface area contributed by atoms with Crippen molar-refractivity contribution >= 4 is 68.4 Å². The van der Waals surface area contributed by atoms with Gasteiger partial charge in [0.2, 0.25) is 5.91 Å². The molecular formula is C21H21N3O4S3. The highest BCUT2D eigenvalue weighted by molar-refractivity contribution is 8.26. The fraction of sp³-hybridized carbons (Fsp3) is 0.333. The minimum Gasteiger partial charge on any atom is -0.465 e. The second-order valence-corrected chi connectivity index (χ2v) is 10.1. The number of carbonyl (C=O) groups is 3. The van der Waals surface area contributed by atoms with Crippen LogP contribution in [0.1, 0.15) is 52.2 Å².